The molecule has 5 heteroatoms. The van der Waals surface area contributed by atoms with E-state index in [0.717, 1.165) is 19.3 Å². The Hall–Kier alpha value is -1.23. The molecular weight excluding hydrogens is 255 g/mol. The largest absolute Gasteiger partial charge is 0.573 e. The number of halogens is 3. The molecule has 0 radical (unpaired) electrons. The summed E-state index contributed by atoms with van der Waals surface area (Å²) in [5.41, 5.74) is 6.43. The van der Waals surface area contributed by atoms with E-state index in [0.29, 0.717) is 5.56 Å². The molecule has 1 aliphatic rings. The first-order valence-corrected chi connectivity index (χ1v) is 6.29. The van der Waals surface area contributed by atoms with Gasteiger partial charge in [-0.15, -0.1) is 13.2 Å². The summed E-state index contributed by atoms with van der Waals surface area (Å²) in [7, 11) is 0. The van der Waals surface area contributed by atoms with Gasteiger partial charge in [0.05, 0.1) is 0 Å². The van der Waals surface area contributed by atoms with Crippen molar-refractivity contribution in [2.24, 2.45) is 11.1 Å². The second-order valence-corrected chi connectivity index (χ2v) is 5.78. The zero-order valence-corrected chi connectivity index (χ0v) is 11.1. The minimum Gasteiger partial charge on any atom is -0.406 e. The van der Waals surface area contributed by atoms with Crippen molar-refractivity contribution in [3.05, 3.63) is 29.8 Å². The van der Waals surface area contributed by atoms with Crippen LogP contribution in [0.4, 0.5) is 13.2 Å². The minimum absolute atomic E-state index is 0.135. The standard InChI is InChI=1S/C14H18F3NO/c1-12(2)7-4-8-13(12,18)10-5-3-6-11(9-10)19-14(15,16)17/h3,5-6,9H,4,7-8,18H2,1-2H3. The van der Waals surface area contributed by atoms with E-state index >= 15 is 0 Å². The summed E-state index contributed by atoms with van der Waals surface area (Å²) >= 11 is 0. The SMILES string of the molecule is CC1(C)CCCC1(N)c1cccc(OC(F)(F)F)c1. The van der Waals surface area contributed by atoms with Crippen LogP contribution < -0.4 is 10.5 Å². The number of benzene rings is 1. The van der Waals surface area contributed by atoms with Crippen LogP contribution in [0, 0.1) is 5.41 Å². The number of ether oxygens (including phenoxy) is 1. The maximum atomic E-state index is 12.2. The lowest BCUT2D eigenvalue weighted by atomic mass is 9.71. The lowest BCUT2D eigenvalue weighted by Gasteiger charge is -2.38. The van der Waals surface area contributed by atoms with Crippen LogP contribution in [-0.2, 0) is 5.54 Å². The average Bonchev–Trinajstić information content (AvgIpc) is 2.52. The highest BCUT2D eigenvalue weighted by Crippen LogP contribution is 2.50. The van der Waals surface area contributed by atoms with Crippen LogP contribution in [0.2, 0.25) is 0 Å². The lowest BCUT2D eigenvalue weighted by molar-refractivity contribution is -0.274. The van der Waals surface area contributed by atoms with Crippen molar-refractivity contribution in [2.45, 2.75) is 45.0 Å². The van der Waals surface area contributed by atoms with Gasteiger partial charge in [-0.1, -0.05) is 32.4 Å². The van der Waals surface area contributed by atoms with Crippen molar-refractivity contribution in [2.75, 3.05) is 0 Å². The van der Waals surface area contributed by atoms with Gasteiger partial charge in [0.1, 0.15) is 5.75 Å². The molecule has 1 fully saturated rings. The Balaban J connectivity index is 2.34. The fourth-order valence-corrected chi connectivity index (χ4v) is 2.88. The van der Waals surface area contributed by atoms with Gasteiger partial charge in [0.15, 0.2) is 0 Å². The summed E-state index contributed by atoms with van der Waals surface area (Å²) in [4.78, 5) is 0. The molecule has 1 aromatic rings. The zero-order valence-electron chi connectivity index (χ0n) is 11.1. The molecule has 0 saturated heterocycles. The molecule has 1 unspecified atom stereocenters. The van der Waals surface area contributed by atoms with E-state index in [2.05, 4.69) is 18.6 Å². The van der Waals surface area contributed by atoms with Crippen LogP contribution >= 0.6 is 0 Å². The highest BCUT2D eigenvalue weighted by Gasteiger charge is 2.47. The summed E-state index contributed by atoms with van der Waals surface area (Å²) in [6.07, 6.45) is -1.96. The topological polar surface area (TPSA) is 35.2 Å². The molecule has 1 aliphatic carbocycles. The van der Waals surface area contributed by atoms with Crippen LogP contribution in [0.5, 0.6) is 5.75 Å². The summed E-state index contributed by atoms with van der Waals surface area (Å²) in [6, 6.07) is 6.03. The van der Waals surface area contributed by atoms with E-state index in [9.17, 15) is 13.2 Å². The highest BCUT2D eigenvalue weighted by atomic mass is 19.4. The maximum Gasteiger partial charge on any atom is 0.573 e. The molecule has 0 amide bonds. The number of alkyl halides is 3. The number of hydrogen-bond acceptors (Lipinski definition) is 2. The van der Waals surface area contributed by atoms with Gasteiger partial charge in [0.25, 0.3) is 0 Å². The fourth-order valence-electron chi connectivity index (χ4n) is 2.88. The van der Waals surface area contributed by atoms with Crippen molar-refractivity contribution in [3.8, 4) is 5.75 Å². The van der Waals surface area contributed by atoms with Gasteiger partial charge in [-0.25, -0.2) is 0 Å². The first-order valence-electron chi connectivity index (χ1n) is 6.29. The third-order valence-corrected chi connectivity index (χ3v) is 4.16. The van der Waals surface area contributed by atoms with Gasteiger partial charge >= 0.3 is 6.36 Å². The van der Waals surface area contributed by atoms with E-state index in [1.54, 1.807) is 12.1 Å². The molecule has 2 N–H and O–H groups in total. The molecule has 1 saturated carbocycles. The second-order valence-electron chi connectivity index (χ2n) is 5.78. The summed E-state index contributed by atoms with van der Waals surface area (Å²) < 4.78 is 40.7. The van der Waals surface area contributed by atoms with Crippen LogP contribution in [0.15, 0.2) is 24.3 Å². The molecule has 106 valence electrons. The maximum absolute atomic E-state index is 12.2. The summed E-state index contributed by atoms with van der Waals surface area (Å²) in [5.74, 6) is -0.211. The smallest absolute Gasteiger partial charge is 0.406 e. The first-order chi connectivity index (χ1) is 8.64. The van der Waals surface area contributed by atoms with Crippen LogP contribution in [0.1, 0.15) is 38.7 Å². The van der Waals surface area contributed by atoms with E-state index < -0.39 is 11.9 Å². The molecule has 2 nitrogen and oxygen atoms in total. The zero-order chi connectivity index (χ0) is 14.3. The van der Waals surface area contributed by atoms with Crippen LogP contribution in [0.3, 0.4) is 0 Å². The molecule has 1 aromatic carbocycles. The van der Waals surface area contributed by atoms with Gasteiger partial charge in [-0.05, 0) is 36.0 Å². The number of nitrogens with two attached hydrogens (primary N) is 1. The Kier molecular flexibility index (Phi) is 3.29. The molecule has 2 rings (SSSR count). The Bertz CT molecular complexity index is 470. The second kappa shape index (κ2) is 4.40. The highest BCUT2D eigenvalue weighted by molar-refractivity contribution is 5.35. The number of rotatable bonds is 2. The van der Waals surface area contributed by atoms with Gasteiger partial charge in [-0.2, -0.15) is 0 Å². The van der Waals surface area contributed by atoms with Gasteiger partial charge < -0.3 is 10.5 Å². The van der Waals surface area contributed by atoms with E-state index in [-0.39, 0.29) is 11.2 Å². The van der Waals surface area contributed by atoms with Gasteiger partial charge in [0, 0.05) is 5.54 Å². The van der Waals surface area contributed by atoms with Crippen molar-refractivity contribution in [3.63, 3.8) is 0 Å². The predicted molar refractivity (Wildman–Crippen MR) is 66.6 cm³/mol. The molecular formula is C14H18F3NO. The van der Waals surface area contributed by atoms with E-state index in [1.165, 1.54) is 12.1 Å². The summed E-state index contributed by atoms with van der Waals surface area (Å²) in [5, 5.41) is 0. The van der Waals surface area contributed by atoms with E-state index in [1.807, 2.05) is 0 Å². The third kappa shape index (κ3) is 2.71. The predicted octanol–water partition coefficient (Wildman–Crippen LogP) is 3.95. The van der Waals surface area contributed by atoms with Gasteiger partial charge in [-0.3, -0.25) is 0 Å². The summed E-state index contributed by atoms with van der Waals surface area (Å²) in [6.45, 7) is 4.11. The molecule has 0 bridgehead atoms. The number of hydrogen-bond donors (Lipinski definition) is 1. The van der Waals surface area contributed by atoms with Crippen LogP contribution in [0.25, 0.3) is 0 Å². The van der Waals surface area contributed by atoms with Crippen molar-refractivity contribution in [1.29, 1.82) is 0 Å². The molecule has 0 aromatic heterocycles. The monoisotopic (exact) mass is 273 g/mol. The van der Waals surface area contributed by atoms with Crippen LogP contribution in [-0.4, -0.2) is 6.36 Å². The molecule has 19 heavy (non-hydrogen) atoms. The molecule has 0 spiro atoms. The first kappa shape index (κ1) is 14.2. The minimum atomic E-state index is -4.68. The average molecular weight is 273 g/mol. The quantitative estimate of drug-likeness (QED) is 0.885. The Morgan fingerprint density at radius 1 is 1.21 bits per heavy atom. The lowest BCUT2D eigenvalue weighted by Crippen LogP contribution is -2.45. The third-order valence-electron chi connectivity index (χ3n) is 4.16. The molecule has 0 aliphatic heterocycles. The molecule has 0 heterocycles. The normalized spacial score (nSPS) is 26.4. The Morgan fingerprint density at radius 2 is 1.89 bits per heavy atom. The van der Waals surface area contributed by atoms with Gasteiger partial charge in [0.2, 0.25) is 0 Å². The molecule has 1 atom stereocenters. The Morgan fingerprint density at radius 3 is 2.42 bits per heavy atom. The van der Waals surface area contributed by atoms with Crippen molar-refractivity contribution < 1.29 is 17.9 Å². The fraction of sp³-hybridized carbons (Fsp3) is 0.571. The van der Waals surface area contributed by atoms with Crippen molar-refractivity contribution >= 4 is 0 Å². The van der Waals surface area contributed by atoms with Crippen molar-refractivity contribution in [1.82, 2.24) is 0 Å². The van der Waals surface area contributed by atoms with E-state index in [4.69, 9.17) is 5.73 Å². The Labute approximate surface area is 110 Å².